The lowest BCUT2D eigenvalue weighted by atomic mass is 9.76. The molecule has 0 bridgehead atoms. The van der Waals surface area contributed by atoms with Gasteiger partial charge in [-0.1, -0.05) is 53.5 Å². The van der Waals surface area contributed by atoms with Crippen molar-refractivity contribution in [2.45, 2.75) is 50.5 Å². The van der Waals surface area contributed by atoms with Gasteiger partial charge in [-0.2, -0.15) is 0 Å². The largest absolute Gasteiger partial charge is 0.343 e. The van der Waals surface area contributed by atoms with Crippen LogP contribution in [-0.4, -0.2) is 61.0 Å². The summed E-state index contributed by atoms with van der Waals surface area (Å²) < 4.78 is 26.7. The molecule has 8 nitrogen and oxygen atoms in total. The highest BCUT2D eigenvalue weighted by atomic mass is 79.9. The molecule has 0 saturated carbocycles. The molecule has 238 valence electrons. The molecule has 3 heterocycles. The highest BCUT2D eigenvalue weighted by Crippen LogP contribution is 2.46. The smallest absolute Gasteiger partial charge is 0.331 e. The average Bonchev–Trinajstić information content (AvgIpc) is 3.34. The second kappa shape index (κ2) is 13.2. The Balaban J connectivity index is 1.19. The number of hydrogen-bond donors (Lipinski definition) is 1. The molecule has 0 spiro atoms. The van der Waals surface area contributed by atoms with E-state index in [4.69, 9.17) is 28.2 Å². The van der Waals surface area contributed by atoms with Crippen molar-refractivity contribution in [3.05, 3.63) is 97.2 Å². The van der Waals surface area contributed by atoms with Crippen molar-refractivity contribution in [2.24, 2.45) is 11.8 Å². The summed E-state index contributed by atoms with van der Waals surface area (Å²) in [6, 6.07) is 14.5. The highest BCUT2D eigenvalue weighted by Gasteiger charge is 2.41. The van der Waals surface area contributed by atoms with Crippen molar-refractivity contribution in [1.29, 1.82) is 0 Å². The van der Waals surface area contributed by atoms with Crippen molar-refractivity contribution in [3.8, 4) is 0 Å². The fraction of sp³-hybridized carbons (Fsp3) is 0.424. The van der Waals surface area contributed by atoms with Crippen LogP contribution in [0.15, 0.2) is 59.2 Å². The minimum atomic E-state index is -3.72. The Labute approximate surface area is 282 Å². The number of pyridine rings is 1. The molecule has 2 saturated heterocycles. The molecule has 3 aromatic rings. The topological polar surface area (TPSA) is 99.7 Å². The average molecular weight is 735 g/mol. The van der Waals surface area contributed by atoms with Crippen LogP contribution >= 0.6 is 39.1 Å². The Morgan fingerprint density at radius 3 is 2.42 bits per heavy atom. The zero-order valence-electron chi connectivity index (χ0n) is 24.9. The predicted molar refractivity (Wildman–Crippen MR) is 179 cm³/mol. The standard InChI is InChI=1S/C33H35BrCl2N4O4S/c1-45(43,44)38-33(42)40-14-11-24(32(40)21-5-3-2-4-6-21)17-28(41)39-12-9-20(10-13-39)30-29-22(16-26(35)18-27(29)36)7-8-23-15-25(34)19-37-31(23)30/h2-6,15-16,18-20,24,30,32H,7-14,17H2,1H3,(H,38,42). The second-order valence-electron chi connectivity index (χ2n) is 12.3. The van der Waals surface area contributed by atoms with Crippen molar-refractivity contribution in [1.82, 2.24) is 19.5 Å². The first-order valence-corrected chi connectivity index (χ1v) is 18.7. The van der Waals surface area contributed by atoms with Gasteiger partial charge in [0.1, 0.15) is 0 Å². The molecule has 6 rings (SSSR count). The fourth-order valence-electron chi connectivity index (χ4n) is 7.48. The van der Waals surface area contributed by atoms with Crippen LogP contribution in [0.1, 0.15) is 65.6 Å². The summed E-state index contributed by atoms with van der Waals surface area (Å²) in [6.07, 6.45) is 7.00. The van der Waals surface area contributed by atoms with E-state index in [9.17, 15) is 18.0 Å². The normalized spacial score (nSPS) is 22.0. The highest BCUT2D eigenvalue weighted by molar-refractivity contribution is 9.10. The van der Waals surface area contributed by atoms with Gasteiger partial charge >= 0.3 is 6.03 Å². The molecule has 1 aromatic heterocycles. The number of likely N-dealkylation sites (tertiary alicyclic amines) is 2. The predicted octanol–water partition coefficient (Wildman–Crippen LogP) is 6.74. The number of carbonyl (C=O) groups excluding carboxylic acids is 2. The van der Waals surface area contributed by atoms with Crippen LogP contribution in [0.4, 0.5) is 4.79 Å². The summed E-state index contributed by atoms with van der Waals surface area (Å²) in [5, 5.41) is 1.29. The number of halogens is 3. The molecule has 12 heteroatoms. The summed E-state index contributed by atoms with van der Waals surface area (Å²) in [4.78, 5) is 35.1. The number of piperidine rings is 1. The minimum absolute atomic E-state index is 0.00632. The monoisotopic (exact) mass is 732 g/mol. The number of aromatic nitrogens is 1. The molecule has 1 N–H and O–H groups in total. The molecule has 0 radical (unpaired) electrons. The number of fused-ring (bicyclic) bond motifs is 2. The molecule has 3 aliphatic rings. The molecule has 45 heavy (non-hydrogen) atoms. The van der Waals surface area contributed by atoms with Gasteiger partial charge in [-0.05, 0) is 100 Å². The second-order valence-corrected chi connectivity index (χ2v) is 15.8. The van der Waals surface area contributed by atoms with Crippen LogP contribution in [-0.2, 0) is 27.7 Å². The van der Waals surface area contributed by atoms with Crippen molar-refractivity contribution in [2.75, 3.05) is 25.9 Å². The lowest BCUT2D eigenvalue weighted by molar-refractivity contribution is -0.133. The number of carbonyl (C=O) groups is 2. The molecule has 3 unspecified atom stereocenters. The third-order valence-electron chi connectivity index (χ3n) is 9.42. The zero-order valence-corrected chi connectivity index (χ0v) is 28.8. The summed E-state index contributed by atoms with van der Waals surface area (Å²) >= 11 is 16.9. The van der Waals surface area contributed by atoms with E-state index in [1.54, 1.807) is 4.90 Å². The maximum absolute atomic E-state index is 13.8. The molecule has 2 aromatic carbocycles. The quantitative estimate of drug-likeness (QED) is 0.313. The van der Waals surface area contributed by atoms with Gasteiger partial charge in [0.25, 0.3) is 0 Å². The number of amides is 3. The van der Waals surface area contributed by atoms with Gasteiger partial charge in [-0.25, -0.2) is 17.9 Å². The van der Waals surface area contributed by atoms with Gasteiger partial charge < -0.3 is 9.80 Å². The van der Waals surface area contributed by atoms with Gasteiger partial charge in [0.15, 0.2) is 0 Å². The maximum Gasteiger partial charge on any atom is 0.331 e. The Kier molecular flexibility index (Phi) is 9.48. The SMILES string of the molecule is CS(=O)(=O)NC(=O)N1CCC(CC(=O)N2CCC(C3c4ncc(Br)cc4CCc4cc(Cl)cc(Cl)c43)CC2)C1c1ccccc1. The van der Waals surface area contributed by atoms with Crippen LogP contribution < -0.4 is 4.72 Å². The number of rotatable bonds is 5. The third kappa shape index (κ3) is 7.04. The number of sulfonamides is 1. The van der Waals surface area contributed by atoms with Gasteiger partial charge in [0.2, 0.25) is 15.9 Å². The van der Waals surface area contributed by atoms with Gasteiger partial charge in [-0.3, -0.25) is 9.78 Å². The van der Waals surface area contributed by atoms with Crippen LogP contribution in [0.2, 0.25) is 10.0 Å². The van der Waals surface area contributed by atoms with E-state index in [1.165, 1.54) is 5.56 Å². The lowest BCUT2D eigenvalue weighted by Crippen LogP contribution is -2.43. The summed E-state index contributed by atoms with van der Waals surface area (Å²) in [6.45, 7) is 1.61. The number of nitrogens with zero attached hydrogens (tertiary/aromatic N) is 3. The molecule has 3 amide bonds. The molecule has 1 aliphatic carbocycles. The van der Waals surface area contributed by atoms with Crippen LogP contribution in [0.3, 0.4) is 0 Å². The molecular formula is C33H35BrCl2N4O4S. The van der Waals surface area contributed by atoms with E-state index in [0.717, 1.165) is 58.8 Å². The minimum Gasteiger partial charge on any atom is -0.343 e. The van der Waals surface area contributed by atoms with E-state index in [2.05, 4.69) is 26.7 Å². The summed E-state index contributed by atoms with van der Waals surface area (Å²) in [7, 11) is -3.72. The molecule has 2 fully saturated rings. The van der Waals surface area contributed by atoms with Gasteiger partial charge in [0.05, 0.1) is 18.0 Å². The van der Waals surface area contributed by atoms with E-state index in [0.29, 0.717) is 36.1 Å². The van der Waals surface area contributed by atoms with Crippen molar-refractivity contribution < 1.29 is 18.0 Å². The number of hydrogen-bond acceptors (Lipinski definition) is 5. The van der Waals surface area contributed by atoms with E-state index in [1.807, 2.05) is 53.6 Å². The zero-order chi connectivity index (χ0) is 31.9. The Hall–Kier alpha value is -2.66. The number of aryl methyl sites for hydroxylation is 2. The number of urea groups is 1. The van der Waals surface area contributed by atoms with Gasteiger partial charge in [-0.15, -0.1) is 0 Å². The summed E-state index contributed by atoms with van der Waals surface area (Å²) in [5.41, 5.74) is 5.40. The van der Waals surface area contributed by atoms with E-state index >= 15 is 0 Å². The first kappa shape index (κ1) is 32.3. The van der Waals surface area contributed by atoms with Crippen LogP contribution in [0, 0.1) is 11.8 Å². The maximum atomic E-state index is 13.8. The Morgan fingerprint density at radius 1 is 1.00 bits per heavy atom. The first-order valence-electron chi connectivity index (χ1n) is 15.2. The van der Waals surface area contributed by atoms with E-state index < -0.39 is 22.1 Å². The van der Waals surface area contributed by atoms with Crippen molar-refractivity contribution in [3.63, 3.8) is 0 Å². The molecule has 2 aliphatic heterocycles. The number of nitrogens with one attached hydrogen (secondary N) is 1. The molecular weight excluding hydrogens is 699 g/mol. The van der Waals surface area contributed by atoms with E-state index in [-0.39, 0.29) is 30.1 Å². The Bertz CT molecular complexity index is 1720. The fourth-order valence-corrected chi connectivity index (χ4v) is 8.95. The lowest BCUT2D eigenvalue weighted by Gasteiger charge is -2.38. The third-order valence-corrected chi connectivity index (χ3v) is 10.9. The Morgan fingerprint density at radius 2 is 1.71 bits per heavy atom. The first-order chi connectivity index (χ1) is 21.5. The van der Waals surface area contributed by atoms with Gasteiger partial charge in [0, 0.05) is 52.7 Å². The molecule has 3 atom stereocenters. The van der Waals surface area contributed by atoms with Crippen LogP contribution in [0.25, 0.3) is 0 Å². The van der Waals surface area contributed by atoms with Crippen molar-refractivity contribution >= 4 is 61.1 Å². The summed E-state index contributed by atoms with van der Waals surface area (Å²) in [5.74, 6) is 0.176. The van der Waals surface area contributed by atoms with Crippen LogP contribution in [0.5, 0.6) is 0 Å². The number of benzene rings is 2.